The zero-order valence-corrected chi connectivity index (χ0v) is 18.7. The quantitative estimate of drug-likeness (QED) is 0.777. The number of aryl methyl sites for hydroxylation is 1. The minimum Gasteiger partial charge on any atom is -0.495 e. The third-order valence-corrected chi connectivity index (χ3v) is 7.13. The summed E-state index contributed by atoms with van der Waals surface area (Å²) in [5.74, 6) is 0.586. The molecule has 30 heavy (non-hydrogen) atoms. The van der Waals surface area contributed by atoms with Gasteiger partial charge in [0.1, 0.15) is 5.75 Å². The molecule has 2 aromatic rings. The summed E-state index contributed by atoms with van der Waals surface area (Å²) in [5.41, 5.74) is 1.70. The number of rotatable bonds is 4. The summed E-state index contributed by atoms with van der Waals surface area (Å²) in [7, 11) is 1.57. The van der Waals surface area contributed by atoms with Gasteiger partial charge in [0.25, 0.3) is 0 Å². The summed E-state index contributed by atoms with van der Waals surface area (Å²) in [6.07, 6.45) is 2.25. The molecule has 1 saturated heterocycles. The highest BCUT2D eigenvalue weighted by atomic mass is 35.5. The molecule has 0 bridgehead atoms. The van der Waals surface area contributed by atoms with Crippen LogP contribution in [0, 0.1) is 5.92 Å². The predicted molar refractivity (Wildman–Crippen MR) is 119 cm³/mol. The molecular weight excluding hydrogens is 424 g/mol. The van der Waals surface area contributed by atoms with E-state index in [0.29, 0.717) is 22.9 Å². The number of aromatic nitrogens is 1. The summed E-state index contributed by atoms with van der Waals surface area (Å²) in [6.45, 7) is 4.66. The van der Waals surface area contributed by atoms with Crippen LogP contribution in [-0.2, 0) is 22.4 Å². The molecule has 2 heterocycles. The van der Waals surface area contributed by atoms with Crippen molar-refractivity contribution < 1.29 is 14.3 Å². The molecule has 2 aliphatic rings. The van der Waals surface area contributed by atoms with Gasteiger partial charge in [0.2, 0.25) is 11.8 Å². The number of methoxy groups -OCH3 is 1. The molecule has 1 fully saturated rings. The topological polar surface area (TPSA) is 74.8 Å². The van der Waals surface area contributed by atoms with Crippen molar-refractivity contribution in [2.45, 2.75) is 26.2 Å². The normalized spacial score (nSPS) is 18.7. The number of halogens is 1. The van der Waals surface area contributed by atoms with Crippen LogP contribution in [0.4, 0.5) is 10.8 Å². The van der Waals surface area contributed by atoms with Crippen LogP contribution >= 0.6 is 22.9 Å². The predicted octanol–water partition coefficient (Wildman–Crippen LogP) is 3.22. The van der Waals surface area contributed by atoms with Crippen molar-refractivity contribution >= 4 is 45.6 Å². The summed E-state index contributed by atoms with van der Waals surface area (Å²) < 4.78 is 5.33. The van der Waals surface area contributed by atoms with Crippen LogP contribution in [0.5, 0.6) is 5.75 Å². The van der Waals surface area contributed by atoms with E-state index in [1.807, 2.05) is 4.90 Å². The average molecular weight is 449 g/mol. The first-order valence-electron chi connectivity index (χ1n) is 10.1. The molecule has 1 aliphatic carbocycles. The van der Waals surface area contributed by atoms with Gasteiger partial charge in [-0.15, -0.1) is 11.3 Å². The highest BCUT2D eigenvalue weighted by molar-refractivity contribution is 7.15. The van der Waals surface area contributed by atoms with E-state index in [1.54, 1.807) is 43.6 Å². The number of anilines is 2. The number of nitrogens with zero attached hydrogens (tertiary/aromatic N) is 3. The molecule has 1 aliphatic heterocycles. The Morgan fingerprint density at radius 2 is 2.03 bits per heavy atom. The summed E-state index contributed by atoms with van der Waals surface area (Å²) >= 11 is 7.75. The van der Waals surface area contributed by atoms with Gasteiger partial charge in [-0.3, -0.25) is 9.59 Å². The SMILES string of the molecule is COc1ccc(Cl)cc1NC(=O)[C@@H]1CCc2nc(N3CCN(C(C)=O)CC3)sc2C1. The van der Waals surface area contributed by atoms with E-state index in [1.165, 1.54) is 4.88 Å². The lowest BCUT2D eigenvalue weighted by Crippen LogP contribution is -2.48. The van der Waals surface area contributed by atoms with Gasteiger partial charge >= 0.3 is 0 Å². The van der Waals surface area contributed by atoms with E-state index in [0.717, 1.165) is 49.8 Å². The molecule has 0 unspecified atom stereocenters. The van der Waals surface area contributed by atoms with Crippen molar-refractivity contribution in [1.82, 2.24) is 9.88 Å². The van der Waals surface area contributed by atoms with Crippen LogP contribution < -0.4 is 15.0 Å². The van der Waals surface area contributed by atoms with Crippen molar-refractivity contribution in [3.05, 3.63) is 33.8 Å². The minimum absolute atomic E-state index is 0.0220. The summed E-state index contributed by atoms with van der Waals surface area (Å²) in [6, 6.07) is 5.19. The van der Waals surface area contributed by atoms with Crippen LogP contribution in [0.2, 0.25) is 5.02 Å². The largest absolute Gasteiger partial charge is 0.495 e. The number of benzene rings is 1. The molecule has 0 saturated carbocycles. The van der Waals surface area contributed by atoms with Crippen LogP contribution in [0.3, 0.4) is 0 Å². The molecule has 160 valence electrons. The van der Waals surface area contributed by atoms with E-state index in [-0.39, 0.29) is 17.7 Å². The molecule has 1 N–H and O–H groups in total. The molecule has 1 aromatic carbocycles. The minimum atomic E-state index is -0.107. The second-order valence-electron chi connectivity index (χ2n) is 7.63. The number of hydrogen-bond donors (Lipinski definition) is 1. The van der Waals surface area contributed by atoms with E-state index in [4.69, 9.17) is 21.3 Å². The Balaban J connectivity index is 1.41. The van der Waals surface area contributed by atoms with E-state index in [9.17, 15) is 9.59 Å². The lowest BCUT2D eigenvalue weighted by atomic mass is 9.90. The first-order chi connectivity index (χ1) is 14.4. The number of thiazole rings is 1. The number of nitrogens with one attached hydrogen (secondary N) is 1. The Labute approximate surface area is 185 Å². The fourth-order valence-electron chi connectivity index (χ4n) is 3.95. The van der Waals surface area contributed by atoms with Crippen LogP contribution in [0.15, 0.2) is 18.2 Å². The van der Waals surface area contributed by atoms with Gasteiger partial charge in [0.15, 0.2) is 5.13 Å². The number of fused-ring (bicyclic) bond motifs is 1. The fraction of sp³-hybridized carbons (Fsp3) is 0.476. The van der Waals surface area contributed by atoms with Gasteiger partial charge in [-0.25, -0.2) is 4.98 Å². The van der Waals surface area contributed by atoms with Crippen molar-refractivity contribution in [1.29, 1.82) is 0 Å². The van der Waals surface area contributed by atoms with Crippen LogP contribution in [-0.4, -0.2) is 55.0 Å². The number of carbonyl (C=O) groups excluding carboxylic acids is 2. The highest BCUT2D eigenvalue weighted by Crippen LogP contribution is 2.35. The average Bonchev–Trinajstić information content (AvgIpc) is 3.17. The van der Waals surface area contributed by atoms with Crippen molar-refractivity contribution in [2.24, 2.45) is 5.92 Å². The number of hydrogen-bond acceptors (Lipinski definition) is 6. The van der Waals surface area contributed by atoms with Crippen molar-refractivity contribution in [3.8, 4) is 5.75 Å². The summed E-state index contributed by atoms with van der Waals surface area (Å²) in [5, 5.41) is 4.53. The summed E-state index contributed by atoms with van der Waals surface area (Å²) in [4.78, 5) is 34.6. The third kappa shape index (κ3) is 4.39. The van der Waals surface area contributed by atoms with Gasteiger partial charge in [0.05, 0.1) is 18.5 Å². The number of piperazine rings is 1. The monoisotopic (exact) mass is 448 g/mol. The Morgan fingerprint density at radius 3 is 2.73 bits per heavy atom. The lowest BCUT2D eigenvalue weighted by Gasteiger charge is -2.33. The Bertz CT molecular complexity index is 956. The van der Waals surface area contributed by atoms with E-state index < -0.39 is 0 Å². The van der Waals surface area contributed by atoms with Gasteiger partial charge in [0, 0.05) is 48.9 Å². The first kappa shape index (κ1) is 20.9. The molecule has 4 rings (SSSR count). The lowest BCUT2D eigenvalue weighted by molar-refractivity contribution is -0.129. The second kappa shape index (κ2) is 8.81. The van der Waals surface area contributed by atoms with Gasteiger partial charge in [-0.2, -0.15) is 0 Å². The third-order valence-electron chi connectivity index (χ3n) is 5.71. The zero-order valence-electron chi connectivity index (χ0n) is 17.1. The molecule has 1 aromatic heterocycles. The fourth-order valence-corrected chi connectivity index (χ4v) is 5.36. The maximum Gasteiger partial charge on any atom is 0.227 e. The first-order valence-corrected chi connectivity index (χ1v) is 11.3. The smallest absolute Gasteiger partial charge is 0.227 e. The van der Waals surface area contributed by atoms with E-state index >= 15 is 0 Å². The number of ether oxygens (including phenoxy) is 1. The van der Waals surface area contributed by atoms with Crippen LogP contribution in [0.25, 0.3) is 0 Å². The zero-order chi connectivity index (χ0) is 21.3. The Hall–Kier alpha value is -2.32. The molecular formula is C21H25ClN4O3S. The number of amides is 2. The molecule has 0 radical (unpaired) electrons. The maximum absolute atomic E-state index is 12.9. The van der Waals surface area contributed by atoms with Gasteiger partial charge < -0.3 is 19.9 Å². The Morgan fingerprint density at radius 1 is 1.27 bits per heavy atom. The van der Waals surface area contributed by atoms with Gasteiger partial charge in [-0.1, -0.05) is 11.6 Å². The van der Waals surface area contributed by atoms with Crippen molar-refractivity contribution in [2.75, 3.05) is 43.5 Å². The standard InChI is InChI=1S/C21H25ClN4O3S/c1-13(27)25-7-9-26(10-8-25)21-24-16-5-3-14(11-19(16)30-21)20(28)23-17-12-15(22)4-6-18(17)29-2/h4,6,12,14H,3,5,7-11H2,1-2H3,(H,23,28)/t14-/m1/s1. The van der Waals surface area contributed by atoms with Crippen LogP contribution in [0.1, 0.15) is 23.9 Å². The van der Waals surface area contributed by atoms with E-state index in [2.05, 4.69) is 10.2 Å². The maximum atomic E-state index is 12.9. The van der Waals surface area contributed by atoms with Crippen molar-refractivity contribution in [3.63, 3.8) is 0 Å². The number of carbonyl (C=O) groups is 2. The highest BCUT2D eigenvalue weighted by Gasteiger charge is 2.30. The Kier molecular flexibility index (Phi) is 6.15. The second-order valence-corrected chi connectivity index (χ2v) is 9.13. The molecule has 1 atom stereocenters. The van der Waals surface area contributed by atoms with Gasteiger partial charge in [-0.05, 0) is 37.5 Å². The molecule has 2 amide bonds. The molecule has 9 heteroatoms. The molecule has 0 spiro atoms. The molecule has 7 nitrogen and oxygen atoms in total.